The van der Waals surface area contributed by atoms with E-state index in [1.165, 1.54) is 16.7 Å². The third-order valence-corrected chi connectivity index (χ3v) is 10.1. The van der Waals surface area contributed by atoms with Crippen LogP contribution in [0.5, 0.6) is 0 Å². The molecular weight excluding hydrogens is 555 g/mol. The molecule has 3 N–H and O–H groups in total. The highest BCUT2D eigenvalue weighted by Gasteiger charge is 2.38. The van der Waals surface area contributed by atoms with E-state index in [-0.39, 0.29) is 18.0 Å². The van der Waals surface area contributed by atoms with Gasteiger partial charge in [-0.2, -0.15) is 0 Å². The number of benzene rings is 1. The van der Waals surface area contributed by atoms with Gasteiger partial charge < -0.3 is 20.7 Å². The van der Waals surface area contributed by atoms with E-state index in [1.807, 2.05) is 12.2 Å². The lowest BCUT2D eigenvalue weighted by Crippen LogP contribution is -2.50. The highest BCUT2D eigenvalue weighted by atomic mass is 35.5. The van der Waals surface area contributed by atoms with Gasteiger partial charge in [0.25, 0.3) is 0 Å². The number of allylic oxidation sites excluding steroid dienone is 5. The molecule has 1 aromatic carbocycles. The van der Waals surface area contributed by atoms with Crippen molar-refractivity contribution in [1.29, 1.82) is 0 Å². The van der Waals surface area contributed by atoms with E-state index < -0.39 is 0 Å². The molecule has 6 rings (SSSR count). The number of hydrogen-bond acceptors (Lipinski definition) is 5. The molecule has 0 bridgehead atoms. The second-order valence-corrected chi connectivity index (χ2v) is 13.2. The predicted molar refractivity (Wildman–Crippen MR) is 166 cm³/mol. The number of rotatable bonds is 6. The zero-order chi connectivity index (χ0) is 28.3. The van der Waals surface area contributed by atoms with Crippen LogP contribution in [-0.2, 0) is 16.0 Å². The summed E-state index contributed by atoms with van der Waals surface area (Å²) < 4.78 is 5.62. The Labute approximate surface area is 254 Å². The Kier molecular flexibility index (Phi) is 9.23. The van der Waals surface area contributed by atoms with Crippen LogP contribution in [0.3, 0.4) is 0 Å². The Balaban J connectivity index is 1.20. The van der Waals surface area contributed by atoms with Crippen LogP contribution in [0.1, 0.15) is 67.2 Å². The van der Waals surface area contributed by atoms with Crippen molar-refractivity contribution < 1.29 is 9.53 Å². The molecule has 5 aliphatic rings. The second-order valence-electron chi connectivity index (χ2n) is 12.3. The van der Waals surface area contributed by atoms with Crippen LogP contribution in [-0.4, -0.2) is 67.2 Å². The van der Waals surface area contributed by atoms with Crippen LogP contribution in [0.2, 0.25) is 0 Å². The van der Waals surface area contributed by atoms with Gasteiger partial charge in [-0.1, -0.05) is 53.6 Å². The first-order chi connectivity index (χ1) is 19.9. The molecule has 220 valence electrons. The average molecular weight is 598 g/mol. The van der Waals surface area contributed by atoms with Gasteiger partial charge in [-0.15, -0.1) is 0 Å². The largest absolute Gasteiger partial charge is 0.399 e. The zero-order valence-corrected chi connectivity index (χ0v) is 25.3. The first-order valence-corrected chi connectivity index (χ1v) is 16.0. The number of nitrogens with zero attached hydrogens (tertiary/aromatic N) is 2. The Morgan fingerprint density at radius 1 is 1.07 bits per heavy atom. The van der Waals surface area contributed by atoms with Crippen molar-refractivity contribution >= 4 is 29.1 Å². The summed E-state index contributed by atoms with van der Waals surface area (Å²) in [7, 11) is 0. The van der Waals surface area contributed by atoms with Crippen LogP contribution in [0.15, 0.2) is 64.3 Å². The van der Waals surface area contributed by atoms with E-state index in [9.17, 15) is 4.79 Å². The smallest absolute Gasteiger partial charge is 0.234 e. The first-order valence-electron chi connectivity index (χ1n) is 15.3. The SMILES string of the molecule is NC1=CC(c2ccc3c(c2)CCN(CC(=O)NC2C=C(Cl)C=C(Cl)C2)C3C2CCN(C3CCOCC3)CC2)CC=C1. The number of fused-ring (bicyclic) bond motifs is 1. The molecule has 3 aliphatic heterocycles. The van der Waals surface area contributed by atoms with Crippen LogP contribution in [0, 0.1) is 5.92 Å². The monoisotopic (exact) mass is 596 g/mol. The molecule has 0 aromatic heterocycles. The number of hydrogen-bond donors (Lipinski definition) is 2. The zero-order valence-electron chi connectivity index (χ0n) is 23.7. The number of nitrogens with two attached hydrogens (primary N) is 1. The van der Waals surface area contributed by atoms with Gasteiger partial charge in [-0.3, -0.25) is 9.69 Å². The first kappa shape index (κ1) is 29.0. The quantitative estimate of drug-likeness (QED) is 0.454. The molecule has 0 spiro atoms. The highest BCUT2D eigenvalue weighted by molar-refractivity contribution is 6.35. The van der Waals surface area contributed by atoms with Gasteiger partial charge in [0.15, 0.2) is 0 Å². The summed E-state index contributed by atoms with van der Waals surface area (Å²) in [4.78, 5) is 18.5. The van der Waals surface area contributed by atoms with Crippen molar-refractivity contribution in [2.75, 3.05) is 39.4 Å². The summed E-state index contributed by atoms with van der Waals surface area (Å²) in [6.07, 6.45) is 17.1. The van der Waals surface area contributed by atoms with Crippen molar-refractivity contribution in [3.63, 3.8) is 0 Å². The summed E-state index contributed by atoms with van der Waals surface area (Å²) in [6, 6.07) is 7.77. The molecule has 41 heavy (non-hydrogen) atoms. The van der Waals surface area contributed by atoms with Gasteiger partial charge in [0.05, 0.1) is 12.6 Å². The maximum atomic E-state index is 13.4. The molecule has 3 unspecified atom stereocenters. The van der Waals surface area contributed by atoms with Gasteiger partial charge in [-0.05, 0) is 92.5 Å². The minimum atomic E-state index is -0.168. The summed E-state index contributed by atoms with van der Waals surface area (Å²) in [5.41, 5.74) is 11.1. The van der Waals surface area contributed by atoms with Crippen LogP contribution in [0.4, 0.5) is 0 Å². The molecule has 2 saturated heterocycles. The molecule has 0 saturated carbocycles. The van der Waals surface area contributed by atoms with Crippen molar-refractivity contribution in [2.45, 2.75) is 69.0 Å². The van der Waals surface area contributed by atoms with E-state index in [0.717, 1.165) is 77.1 Å². The number of nitrogens with one attached hydrogen (secondary N) is 1. The van der Waals surface area contributed by atoms with Gasteiger partial charge in [0, 0.05) is 59.9 Å². The maximum Gasteiger partial charge on any atom is 0.234 e. The summed E-state index contributed by atoms with van der Waals surface area (Å²) >= 11 is 12.5. The van der Waals surface area contributed by atoms with Crippen molar-refractivity contribution in [2.24, 2.45) is 11.7 Å². The normalized spacial score (nSPS) is 28.4. The van der Waals surface area contributed by atoms with E-state index in [0.29, 0.717) is 40.9 Å². The molecule has 1 amide bonds. The summed E-state index contributed by atoms with van der Waals surface area (Å²) in [5.74, 6) is 0.867. The highest BCUT2D eigenvalue weighted by Crippen LogP contribution is 2.42. The van der Waals surface area contributed by atoms with E-state index in [1.54, 1.807) is 6.08 Å². The number of amides is 1. The Bertz CT molecular complexity index is 1240. The number of halogens is 2. The van der Waals surface area contributed by atoms with Crippen LogP contribution in [0.25, 0.3) is 0 Å². The fraction of sp³-hybridized carbons (Fsp3) is 0.545. The Morgan fingerprint density at radius 3 is 2.63 bits per heavy atom. The van der Waals surface area contributed by atoms with Crippen molar-refractivity contribution in [3.8, 4) is 0 Å². The van der Waals surface area contributed by atoms with Gasteiger partial charge in [0.2, 0.25) is 5.91 Å². The van der Waals surface area contributed by atoms with Gasteiger partial charge in [0.1, 0.15) is 0 Å². The van der Waals surface area contributed by atoms with Gasteiger partial charge >= 0.3 is 0 Å². The Hall–Kier alpha value is -2.09. The third kappa shape index (κ3) is 6.94. The average Bonchev–Trinajstić information content (AvgIpc) is 2.97. The lowest BCUT2D eigenvalue weighted by atomic mass is 9.78. The standard InChI is InChI=1S/C33H42Cl2N4O2/c34-26-18-27(35)20-29(19-26)37-32(40)21-39-13-8-25-16-24(23-2-1-3-28(36)17-23)4-5-31(25)33(39)22-6-11-38(12-7-22)30-9-14-41-15-10-30/h1,3-5,16-19,22-23,29-30,33H,2,6-15,20-21,36H2,(H,37,40). The fourth-order valence-electron chi connectivity index (χ4n) is 7.53. The molecule has 2 fully saturated rings. The molecule has 8 heteroatoms. The minimum absolute atomic E-state index is 0.0291. The topological polar surface area (TPSA) is 70.8 Å². The Morgan fingerprint density at radius 2 is 1.88 bits per heavy atom. The molecule has 2 aliphatic carbocycles. The number of piperidine rings is 1. The molecule has 3 atom stereocenters. The van der Waals surface area contributed by atoms with Crippen LogP contribution < -0.4 is 11.1 Å². The maximum absolute atomic E-state index is 13.4. The van der Waals surface area contributed by atoms with E-state index in [4.69, 9.17) is 33.7 Å². The molecular formula is C33H42Cl2N4O2. The van der Waals surface area contributed by atoms with Crippen molar-refractivity contribution in [1.82, 2.24) is 15.1 Å². The summed E-state index contributed by atoms with van der Waals surface area (Å²) in [6.45, 7) is 5.25. The summed E-state index contributed by atoms with van der Waals surface area (Å²) in [5, 5.41) is 4.42. The number of carbonyl (C=O) groups is 1. The van der Waals surface area contributed by atoms with E-state index >= 15 is 0 Å². The molecule has 0 radical (unpaired) electrons. The second kappa shape index (κ2) is 13.0. The lowest BCUT2D eigenvalue weighted by Gasteiger charge is -2.46. The van der Waals surface area contributed by atoms with Gasteiger partial charge in [-0.25, -0.2) is 0 Å². The third-order valence-electron chi connectivity index (χ3n) is 9.56. The molecule has 6 nitrogen and oxygen atoms in total. The molecule has 1 aromatic rings. The lowest BCUT2D eigenvalue weighted by molar-refractivity contribution is -0.123. The predicted octanol–water partition coefficient (Wildman–Crippen LogP) is 5.50. The van der Waals surface area contributed by atoms with Crippen molar-refractivity contribution in [3.05, 3.63) is 81.0 Å². The molecule has 3 heterocycles. The number of carbonyl (C=O) groups excluding carboxylic acids is 1. The fourth-order valence-corrected chi connectivity index (χ4v) is 8.15. The van der Waals surface area contributed by atoms with Crippen LogP contribution >= 0.6 is 23.2 Å². The number of ether oxygens (including phenoxy) is 1. The number of likely N-dealkylation sites (tertiary alicyclic amines) is 1. The minimum Gasteiger partial charge on any atom is -0.399 e. The van der Waals surface area contributed by atoms with E-state index in [2.05, 4.69) is 45.5 Å².